The van der Waals surface area contributed by atoms with Gasteiger partial charge < -0.3 is 14.8 Å². The number of hydrogen-bond donors (Lipinski definition) is 1. The van der Waals surface area contributed by atoms with Crippen LogP contribution in [0.1, 0.15) is 5.56 Å². The number of para-hydroxylation sites is 1. The Hall–Kier alpha value is -2.17. The average molecular weight is 271 g/mol. The number of rotatable bonds is 5. The molecule has 4 nitrogen and oxygen atoms in total. The fourth-order valence-electron chi connectivity index (χ4n) is 2.03. The van der Waals surface area contributed by atoms with Crippen molar-refractivity contribution in [3.8, 4) is 0 Å². The lowest BCUT2D eigenvalue weighted by Gasteiger charge is -2.29. The fraction of sp³-hybridized carbons (Fsp3) is 0.188. The van der Waals surface area contributed by atoms with Crippen LogP contribution in [0, 0.1) is 0 Å². The highest BCUT2D eigenvalue weighted by Crippen LogP contribution is 2.27. The van der Waals surface area contributed by atoms with Crippen LogP contribution in [0.15, 0.2) is 60.7 Å². The molecular weight excluding hydrogens is 254 g/mol. The molecule has 1 N–H and O–H groups in total. The van der Waals surface area contributed by atoms with Crippen molar-refractivity contribution in [2.45, 2.75) is 5.79 Å². The van der Waals surface area contributed by atoms with Crippen LogP contribution in [0.2, 0.25) is 0 Å². The zero-order valence-corrected chi connectivity index (χ0v) is 11.5. The third kappa shape index (κ3) is 2.71. The molecule has 0 bridgehead atoms. The van der Waals surface area contributed by atoms with E-state index in [0.717, 1.165) is 0 Å². The zero-order valence-electron chi connectivity index (χ0n) is 11.5. The van der Waals surface area contributed by atoms with Gasteiger partial charge in [0.1, 0.15) is 0 Å². The number of benzene rings is 2. The van der Waals surface area contributed by atoms with E-state index in [-0.39, 0.29) is 5.91 Å². The van der Waals surface area contributed by atoms with Crippen molar-refractivity contribution >= 4 is 11.6 Å². The maximum absolute atomic E-state index is 12.5. The number of carbonyl (C=O) groups is 1. The lowest BCUT2D eigenvalue weighted by Crippen LogP contribution is -2.43. The SMILES string of the molecule is COC(OC)(C(=O)Nc1ccccc1)c1ccccc1. The summed E-state index contributed by atoms with van der Waals surface area (Å²) in [6.07, 6.45) is 0. The molecule has 0 aromatic heterocycles. The van der Waals surface area contributed by atoms with Crippen molar-refractivity contribution in [3.63, 3.8) is 0 Å². The van der Waals surface area contributed by atoms with E-state index in [2.05, 4.69) is 5.32 Å². The van der Waals surface area contributed by atoms with E-state index >= 15 is 0 Å². The molecule has 2 aromatic carbocycles. The van der Waals surface area contributed by atoms with Gasteiger partial charge in [0, 0.05) is 25.5 Å². The van der Waals surface area contributed by atoms with Gasteiger partial charge in [0.15, 0.2) is 0 Å². The molecule has 2 aromatic rings. The summed E-state index contributed by atoms with van der Waals surface area (Å²) in [5, 5.41) is 2.79. The Labute approximate surface area is 118 Å². The number of amides is 1. The minimum Gasteiger partial charge on any atom is -0.342 e. The molecule has 0 radical (unpaired) electrons. The molecule has 0 atom stereocenters. The van der Waals surface area contributed by atoms with E-state index in [9.17, 15) is 4.79 Å². The van der Waals surface area contributed by atoms with Crippen molar-refractivity contribution in [3.05, 3.63) is 66.2 Å². The monoisotopic (exact) mass is 271 g/mol. The first-order valence-electron chi connectivity index (χ1n) is 6.25. The molecule has 0 fully saturated rings. The Kier molecular flexibility index (Phi) is 4.50. The number of anilines is 1. The van der Waals surface area contributed by atoms with Crippen molar-refractivity contribution in [2.75, 3.05) is 19.5 Å². The third-order valence-corrected chi connectivity index (χ3v) is 3.06. The van der Waals surface area contributed by atoms with Gasteiger partial charge in [-0.3, -0.25) is 4.79 Å². The molecule has 0 spiro atoms. The van der Waals surface area contributed by atoms with Crippen molar-refractivity contribution in [1.82, 2.24) is 0 Å². The molecule has 0 heterocycles. The summed E-state index contributed by atoms with van der Waals surface area (Å²) < 4.78 is 10.7. The van der Waals surface area contributed by atoms with E-state index < -0.39 is 5.79 Å². The Morgan fingerprint density at radius 1 is 0.900 bits per heavy atom. The number of nitrogens with one attached hydrogen (secondary N) is 1. The van der Waals surface area contributed by atoms with E-state index in [4.69, 9.17) is 9.47 Å². The molecule has 0 unspecified atom stereocenters. The van der Waals surface area contributed by atoms with Gasteiger partial charge in [-0.2, -0.15) is 0 Å². The Morgan fingerprint density at radius 3 is 1.90 bits per heavy atom. The smallest absolute Gasteiger partial charge is 0.289 e. The van der Waals surface area contributed by atoms with Crippen molar-refractivity contribution in [2.24, 2.45) is 0 Å². The Morgan fingerprint density at radius 2 is 1.40 bits per heavy atom. The van der Waals surface area contributed by atoms with Gasteiger partial charge in [0.05, 0.1) is 0 Å². The Bertz CT molecular complexity index is 550. The number of carbonyl (C=O) groups excluding carboxylic acids is 1. The van der Waals surface area contributed by atoms with Gasteiger partial charge >= 0.3 is 0 Å². The second-order valence-electron chi connectivity index (χ2n) is 4.21. The predicted octanol–water partition coefficient (Wildman–Crippen LogP) is 2.77. The quantitative estimate of drug-likeness (QED) is 0.851. The van der Waals surface area contributed by atoms with E-state index in [1.54, 1.807) is 24.3 Å². The summed E-state index contributed by atoms with van der Waals surface area (Å²) in [4.78, 5) is 12.5. The van der Waals surface area contributed by atoms with Crippen molar-refractivity contribution < 1.29 is 14.3 Å². The van der Waals surface area contributed by atoms with E-state index in [0.29, 0.717) is 11.3 Å². The molecule has 1 amide bonds. The van der Waals surface area contributed by atoms with Crippen LogP contribution < -0.4 is 5.32 Å². The van der Waals surface area contributed by atoms with Crippen LogP contribution in [0.4, 0.5) is 5.69 Å². The maximum Gasteiger partial charge on any atom is 0.289 e. The van der Waals surface area contributed by atoms with Gasteiger partial charge in [0.2, 0.25) is 0 Å². The van der Waals surface area contributed by atoms with Gasteiger partial charge in [0.25, 0.3) is 11.7 Å². The largest absolute Gasteiger partial charge is 0.342 e. The zero-order chi connectivity index (χ0) is 14.4. The molecule has 20 heavy (non-hydrogen) atoms. The van der Waals surface area contributed by atoms with Crippen LogP contribution in [0.25, 0.3) is 0 Å². The summed E-state index contributed by atoms with van der Waals surface area (Å²) in [6, 6.07) is 18.3. The second-order valence-corrected chi connectivity index (χ2v) is 4.21. The summed E-state index contributed by atoms with van der Waals surface area (Å²) in [5.74, 6) is -1.84. The second kappa shape index (κ2) is 6.32. The van der Waals surface area contributed by atoms with Crippen molar-refractivity contribution in [1.29, 1.82) is 0 Å². The molecular formula is C16H17NO3. The van der Waals surface area contributed by atoms with Crippen LogP contribution in [0.5, 0.6) is 0 Å². The molecule has 0 aliphatic heterocycles. The van der Waals surface area contributed by atoms with Crippen LogP contribution >= 0.6 is 0 Å². The van der Waals surface area contributed by atoms with Gasteiger partial charge in [-0.1, -0.05) is 48.5 Å². The minimum atomic E-state index is -1.46. The number of ether oxygens (including phenoxy) is 2. The van der Waals surface area contributed by atoms with E-state index in [1.165, 1.54) is 14.2 Å². The molecule has 0 aliphatic rings. The summed E-state index contributed by atoms with van der Waals surface area (Å²) in [5.41, 5.74) is 1.32. The highest BCUT2D eigenvalue weighted by atomic mass is 16.7. The van der Waals surface area contributed by atoms with Crippen LogP contribution in [-0.2, 0) is 20.1 Å². The normalized spacial score (nSPS) is 11.1. The standard InChI is InChI=1S/C16H17NO3/c1-19-16(20-2,13-9-5-3-6-10-13)15(18)17-14-11-7-4-8-12-14/h3-12H,1-2H3,(H,17,18). The number of hydrogen-bond acceptors (Lipinski definition) is 3. The third-order valence-electron chi connectivity index (χ3n) is 3.06. The molecule has 0 aliphatic carbocycles. The molecule has 104 valence electrons. The topological polar surface area (TPSA) is 47.6 Å². The average Bonchev–Trinajstić information content (AvgIpc) is 2.51. The summed E-state index contributed by atoms with van der Waals surface area (Å²) >= 11 is 0. The van der Waals surface area contributed by atoms with Gasteiger partial charge in [-0.25, -0.2) is 0 Å². The lowest BCUT2D eigenvalue weighted by atomic mass is 10.0. The summed E-state index contributed by atoms with van der Waals surface area (Å²) in [7, 11) is 2.89. The predicted molar refractivity (Wildman–Crippen MR) is 77.2 cm³/mol. The maximum atomic E-state index is 12.5. The first-order valence-corrected chi connectivity index (χ1v) is 6.25. The first kappa shape index (κ1) is 14.2. The lowest BCUT2D eigenvalue weighted by molar-refractivity contribution is -0.210. The Balaban J connectivity index is 2.31. The molecule has 0 saturated carbocycles. The minimum absolute atomic E-state index is 0.375. The van der Waals surface area contributed by atoms with Gasteiger partial charge in [-0.05, 0) is 12.1 Å². The van der Waals surface area contributed by atoms with E-state index in [1.807, 2.05) is 36.4 Å². The van der Waals surface area contributed by atoms with Gasteiger partial charge in [-0.15, -0.1) is 0 Å². The summed E-state index contributed by atoms with van der Waals surface area (Å²) in [6.45, 7) is 0. The fourth-order valence-corrected chi connectivity index (χ4v) is 2.03. The number of methoxy groups -OCH3 is 2. The molecule has 4 heteroatoms. The highest BCUT2D eigenvalue weighted by Gasteiger charge is 2.41. The molecule has 0 saturated heterocycles. The highest BCUT2D eigenvalue weighted by molar-refractivity contribution is 5.96. The van der Waals surface area contributed by atoms with Crippen LogP contribution in [-0.4, -0.2) is 20.1 Å². The first-order chi connectivity index (χ1) is 9.73. The molecule has 2 rings (SSSR count). The van der Waals surface area contributed by atoms with Crippen LogP contribution in [0.3, 0.4) is 0 Å².